The van der Waals surface area contributed by atoms with Gasteiger partial charge in [0.15, 0.2) is 5.78 Å². The summed E-state index contributed by atoms with van der Waals surface area (Å²) in [5.41, 5.74) is 5.87. The Kier molecular flexibility index (Phi) is 2.97. The predicted molar refractivity (Wildman–Crippen MR) is 89.6 cm³/mol. The summed E-state index contributed by atoms with van der Waals surface area (Å²) in [7, 11) is 0. The van der Waals surface area contributed by atoms with Crippen LogP contribution in [-0.2, 0) is 0 Å². The van der Waals surface area contributed by atoms with Crippen molar-refractivity contribution in [2.75, 3.05) is 0 Å². The highest BCUT2D eigenvalue weighted by atomic mass is 16.1. The Hall–Kier alpha value is -2.93. The topological polar surface area (TPSA) is 17.1 Å². The fraction of sp³-hybridized carbons (Fsp3) is 0. The van der Waals surface area contributed by atoms with Crippen LogP contribution in [0, 0.1) is 0 Å². The maximum absolute atomic E-state index is 12.9. The molecule has 1 heteroatoms. The summed E-state index contributed by atoms with van der Waals surface area (Å²) in [6.45, 7) is 0. The number of fused-ring (bicyclic) bond motifs is 2. The van der Waals surface area contributed by atoms with Gasteiger partial charge in [-0.15, -0.1) is 0 Å². The number of hydrogen-bond acceptors (Lipinski definition) is 1. The molecule has 0 aliphatic heterocycles. The van der Waals surface area contributed by atoms with Gasteiger partial charge < -0.3 is 0 Å². The molecule has 4 aliphatic rings. The lowest BCUT2D eigenvalue weighted by molar-refractivity contribution is 0.104. The van der Waals surface area contributed by atoms with E-state index in [4.69, 9.17) is 0 Å². The predicted octanol–water partition coefficient (Wildman–Crippen LogP) is 5.13. The van der Waals surface area contributed by atoms with Crippen molar-refractivity contribution in [1.29, 1.82) is 0 Å². The van der Waals surface area contributed by atoms with E-state index in [9.17, 15) is 4.79 Å². The zero-order valence-electron chi connectivity index (χ0n) is 12.0. The molecule has 0 atom stereocenters. The van der Waals surface area contributed by atoms with Crippen LogP contribution in [0.4, 0.5) is 0 Å². The molecule has 22 heavy (non-hydrogen) atoms. The monoisotopic (exact) mass is 282 g/mol. The van der Waals surface area contributed by atoms with Gasteiger partial charge in [0, 0.05) is 11.1 Å². The number of ketones is 1. The Morgan fingerprint density at radius 2 is 1.18 bits per heavy atom. The highest BCUT2D eigenvalue weighted by Gasteiger charge is 2.16. The third-order valence-corrected chi connectivity index (χ3v) is 4.07. The molecule has 104 valence electrons. The first-order valence-corrected chi connectivity index (χ1v) is 7.34. The lowest BCUT2D eigenvalue weighted by Crippen LogP contribution is -1.99. The van der Waals surface area contributed by atoms with Crippen molar-refractivity contribution >= 4 is 5.78 Å². The summed E-state index contributed by atoms with van der Waals surface area (Å²) in [4.78, 5) is 12.9. The first kappa shape index (κ1) is 12.8. The molecule has 0 unspecified atom stereocenters. The third-order valence-electron chi connectivity index (χ3n) is 4.07. The average Bonchev–Trinajstić information content (AvgIpc) is 3.01. The van der Waals surface area contributed by atoms with Crippen LogP contribution in [0.3, 0.4) is 0 Å². The Balaban J connectivity index is 1.82. The zero-order chi connectivity index (χ0) is 14.9. The summed E-state index contributed by atoms with van der Waals surface area (Å²) < 4.78 is 0. The summed E-state index contributed by atoms with van der Waals surface area (Å²) in [6.07, 6.45) is 0. The van der Waals surface area contributed by atoms with Gasteiger partial charge >= 0.3 is 0 Å². The fourth-order valence-corrected chi connectivity index (χ4v) is 2.89. The first-order valence-electron chi connectivity index (χ1n) is 7.34. The Morgan fingerprint density at radius 3 is 1.95 bits per heavy atom. The molecular formula is C21H14O. The standard InChI is InChI=1S/C21H14O/c22-21(18-11-9-15-6-4-7-16(15)10-12-18)20-14-13-17-5-2-1-3-8-19(17)20/h1-14H. The van der Waals surface area contributed by atoms with Gasteiger partial charge in [0.25, 0.3) is 0 Å². The van der Waals surface area contributed by atoms with Crippen molar-refractivity contribution in [2.24, 2.45) is 0 Å². The molecule has 0 heterocycles. The minimum Gasteiger partial charge on any atom is -0.289 e. The van der Waals surface area contributed by atoms with Gasteiger partial charge in [-0.25, -0.2) is 0 Å². The van der Waals surface area contributed by atoms with Crippen LogP contribution < -0.4 is 0 Å². The van der Waals surface area contributed by atoms with Gasteiger partial charge in [0.05, 0.1) is 0 Å². The Morgan fingerprint density at radius 1 is 0.545 bits per heavy atom. The van der Waals surface area contributed by atoms with E-state index in [1.54, 1.807) is 0 Å². The molecule has 0 aromatic rings. The van der Waals surface area contributed by atoms with Crippen LogP contribution >= 0.6 is 0 Å². The first-order chi connectivity index (χ1) is 10.8. The second kappa shape index (κ2) is 5.12. The molecule has 0 saturated heterocycles. The maximum atomic E-state index is 12.9. The van der Waals surface area contributed by atoms with E-state index in [-0.39, 0.29) is 5.78 Å². The molecule has 0 saturated carbocycles. The molecular weight excluding hydrogens is 268 g/mol. The van der Waals surface area contributed by atoms with Crippen molar-refractivity contribution in [3.8, 4) is 22.3 Å². The molecule has 0 bridgehead atoms. The van der Waals surface area contributed by atoms with Gasteiger partial charge in [-0.1, -0.05) is 78.9 Å². The smallest absolute Gasteiger partial charge is 0.193 e. The molecule has 0 fully saturated rings. The van der Waals surface area contributed by atoms with Crippen molar-refractivity contribution in [1.82, 2.24) is 0 Å². The highest BCUT2D eigenvalue weighted by Crippen LogP contribution is 2.29. The minimum absolute atomic E-state index is 0.0684. The molecule has 1 nitrogen and oxygen atoms in total. The molecule has 0 aromatic carbocycles. The Labute approximate surface area is 129 Å². The van der Waals surface area contributed by atoms with E-state index in [1.807, 2.05) is 72.8 Å². The van der Waals surface area contributed by atoms with Crippen molar-refractivity contribution in [3.05, 3.63) is 96.1 Å². The summed E-state index contributed by atoms with van der Waals surface area (Å²) in [5.74, 6) is 0.0684. The molecule has 0 amide bonds. The molecule has 4 aliphatic carbocycles. The largest absolute Gasteiger partial charge is 0.289 e. The van der Waals surface area contributed by atoms with Crippen molar-refractivity contribution in [3.63, 3.8) is 0 Å². The van der Waals surface area contributed by atoms with Gasteiger partial charge in [0.1, 0.15) is 0 Å². The summed E-state index contributed by atoms with van der Waals surface area (Å²) in [5, 5.41) is 0. The van der Waals surface area contributed by atoms with Crippen LogP contribution in [0.1, 0.15) is 15.9 Å². The van der Waals surface area contributed by atoms with E-state index < -0.39 is 0 Å². The van der Waals surface area contributed by atoms with E-state index in [1.165, 1.54) is 0 Å². The quantitative estimate of drug-likeness (QED) is 0.466. The molecule has 0 N–H and O–H groups in total. The van der Waals surface area contributed by atoms with Gasteiger partial charge in [-0.05, 0) is 28.3 Å². The molecule has 0 radical (unpaired) electrons. The fourth-order valence-electron chi connectivity index (χ4n) is 2.89. The van der Waals surface area contributed by atoms with E-state index in [0.29, 0.717) is 0 Å². The minimum atomic E-state index is 0.0684. The second-order valence-electron chi connectivity index (χ2n) is 5.41. The number of carbonyl (C=O) groups excluding carboxylic acids is 1. The molecule has 4 rings (SSSR count). The number of hydrogen-bond donors (Lipinski definition) is 0. The van der Waals surface area contributed by atoms with Crippen LogP contribution in [0.2, 0.25) is 0 Å². The highest BCUT2D eigenvalue weighted by molar-refractivity contribution is 6.13. The van der Waals surface area contributed by atoms with E-state index >= 15 is 0 Å². The normalized spacial score (nSPS) is 10.9. The Bertz CT molecular complexity index is 876. The van der Waals surface area contributed by atoms with E-state index in [0.717, 1.165) is 33.4 Å². The van der Waals surface area contributed by atoms with Gasteiger partial charge in [0.2, 0.25) is 0 Å². The second-order valence-corrected chi connectivity index (χ2v) is 5.41. The lowest BCUT2D eigenvalue weighted by Gasteiger charge is -2.00. The van der Waals surface area contributed by atoms with Crippen molar-refractivity contribution < 1.29 is 4.79 Å². The average molecular weight is 282 g/mol. The van der Waals surface area contributed by atoms with E-state index in [2.05, 4.69) is 12.1 Å². The van der Waals surface area contributed by atoms with Crippen LogP contribution in [0.25, 0.3) is 22.3 Å². The van der Waals surface area contributed by atoms with Crippen LogP contribution in [0.15, 0.2) is 84.9 Å². The molecule has 0 spiro atoms. The summed E-state index contributed by atoms with van der Waals surface area (Å²) in [6, 6.07) is 27.9. The lowest BCUT2D eigenvalue weighted by atomic mass is 10.0. The van der Waals surface area contributed by atoms with Gasteiger partial charge in [-0.2, -0.15) is 0 Å². The van der Waals surface area contributed by atoms with Gasteiger partial charge in [-0.3, -0.25) is 4.79 Å². The summed E-state index contributed by atoms with van der Waals surface area (Å²) >= 11 is 0. The zero-order valence-corrected chi connectivity index (χ0v) is 12.0. The van der Waals surface area contributed by atoms with Crippen LogP contribution in [0.5, 0.6) is 0 Å². The third kappa shape index (κ3) is 2.08. The SMILES string of the molecule is O=C(c1ccc2cccc-2cc1)c1ccc2cccccc1-2. The van der Waals surface area contributed by atoms with Crippen molar-refractivity contribution in [2.45, 2.75) is 0 Å². The number of carbonyl (C=O) groups is 1. The number of rotatable bonds is 2. The maximum Gasteiger partial charge on any atom is 0.193 e. The molecule has 0 aromatic heterocycles. The van der Waals surface area contributed by atoms with Crippen LogP contribution in [-0.4, -0.2) is 5.78 Å².